The summed E-state index contributed by atoms with van der Waals surface area (Å²) in [5.41, 5.74) is 3.63. The van der Waals surface area contributed by atoms with Crippen molar-refractivity contribution in [3.8, 4) is 0 Å². The maximum Gasteiger partial charge on any atom is 0.225 e. The second kappa shape index (κ2) is 7.97. The zero-order chi connectivity index (χ0) is 20.4. The number of hydrogen-bond acceptors (Lipinski definition) is 3. The quantitative estimate of drug-likeness (QED) is 0.823. The number of hydrogen-bond donors (Lipinski definition) is 1. The lowest BCUT2D eigenvalue weighted by Gasteiger charge is -2.30. The molecule has 2 amide bonds. The van der Waals surface area contributed by atoms with Gasteiger partial charge in [0.25, 0.3) is 0 Å². The summed E-state index contributed by atoms with van der Waals surface area (Å²) in [5, 5.41) is 3.23. The summed E-state index contributed by atoms with van der Waals surface area (Å²) in [4.78, 5) is 31.1. The van der Waals surface area contributed by atoms with Gasteiger partial charge in [0.15, 0.2) is 0 Å². The van der Waals surface area contributed by atoms with Gasteiger partial charge in [0.1, 0.15) is 0 Å². The number of likely N-dealkylation sites (tertiary alicyclic amines) is 1. The summed E-state index contributed by atoms with van der Waals surface area (Å²) < 4.78 is 0. The maximum atomic E-state index is 12.9. The number of fused-ring (bicyclic) bond motifs is 1. The van der Waals surface area contributed by atoms with Crippen LogP contribution in [0.1, 0.15) is 43.4 Å². The fourth-order valence-electron chi connectivity index (χ4n) is 4.81. The van der Waals surface area contributed by atoms with Gasteiger partial charge in [0.2, 0.25) is 11.8 Å². The van der Waals surface area contributed by atoms with Crippen molar-refractivity contribution in [2.45, 2.75) is 51.6 Å². The Morgan fingerprint density at radius 1 is 1.10 bits per heavy atom. The van der Waals surface area contributed by atoms with Gasteiger partial charge in [-0.1, -0.05) is 24.3 Å². The van der Waals surface area contributed by atoms with Gasteiger partial charge < -0.3 is 10.2 Å². The zero-order valence-electron chi connectivity index (χ0n) is 17.2. The molecule has 29 heavy (non-hydrogen) atoms. The van der Waals surface area contributed by atoms with E-state index in [-0.39, 0.29) is 23.3 Å². The molecular weight excluding hydrogens is 362 g/mol. The standard InChI is InChI=1S/C24H29N3O2/c1-24(2,14-18-11-19-5-3-4-6-20(19)12-18)26-23(29)21-13-22(28)27(16-21)15-17-7-9-25-10-8-17/h3-10,18,21H,11-16H2,1-2H3,(H,26,29). The topological polar surface area (TPSA) is 62.3 Å². The molecule has 0 bridgehead atoms. The van der Waals surface area contributed by atoms with E-state index in [1.54, 1.807) is 17.3 Å². The van der Waals surface area contributed by atoms with Crippen molar-refractivity contribution < 1.29 is 9.59 Å². The fourth-order valence-corrected chi connectivity index (χ4v) is 4.81. The Kier molecular flexibility index (Phi) is 5.39. The molecule has 5 nitrogen and oxygen atoms in total. The average Bonchev–Trinajstić information content (AvgIpc) is 3.24. The molecule has 2 aliphatic rings. The molecule has 1 aromatic heterocycles. The maximum absolute atomic E-state index is 12.9. The van der Waals surface area contributed by atoms with Crippen molar-refractivity contribution in [1.82, 2.24) is 15.2 Å². The second-order valence-corrected chi connectivity index (χ2v) is 9.15. The molecule has 5 heteroatoms. The summed E-state index contributed by atoms with van der Waals surface area (Å²) in [6.07, 6.45) is 6.85. The van der Waals surface area contributed by atoms with Gasteiger partial charge in [0.05, 0.1) is 5.92 Å². The third kappa shape index (κ3) is 4.66. The lowest BCUT2D eigenvalue weighted by Crippen LogP contribution is -2.47. The molecule has 0 radical (unpaired) electrons. The number of nitrogens with zero attached hydrogens (tertiary/aromatic N) is 2. The van der Waals surface area contributed by atoms with Crippen LogP contribution >= 0.6 is 0 Å². The van der Waals surface area contributed by atoms with E-state index in [9.17, 15) is 9.59 Å². The molecule has 2 aromatic rings. The highest BCUT2D eigenvalue weighted by Gasteiger charge is 2.37. The third-order valence-electron chi connectivity index (χ3n) is 6.10. The predicted molar refractivity (Wildman–Crippen MR) is 112 cm³/mol. The molecule has 0 spiro atoms. The van der Waals surface area contributed by atoms with Crippen LogP contribution in [0, 0.1) is 11.8 Å². The van der Waals surface area contributed by atoms with Crippen LogP contribution in [0.25, 0.3) is 0 Å². The number of aromatic nitrogens is 1. The van der Waals surface area contributed by atoms with E-state index in [2.05, 4.69) is 48.4 Å². The Labute approximate surface area is 172 Å². The minimum Gasteiger partial charge on any atom is -0.351 e. The molecule has 4 rings (SSSR count). The van der Waals surface area contributed by atoms with E-state index in [0.717, 1.165) is 24.8 Å². The SMILES string of the molecule is CC(C)(CC1Cc2ccccc2C1)NC(=O)C1CC(=O)N(Cc2ccncc2)C1. The summed E-state index contributed by atoms with van der Waals surface area (Å²) >= 11 is 0. The fraction of sp³-hybridized carbons (Fsp3) is 0.458. The molecule has 1 unspecified atom stereocenters. The number of carbonyl (C=O) groups excluding carboxylic acids is 2. The molecule has 1 atom stereocenters. The minimum atomic E-state index is -0.286. The lowest BCUT2D eigenvalue weighted by atomic mass is 9.88. The molecule has 1 aromatic carbocycles. The van der Waals surface area contributed by atoms with Gasteiger partial charge >= 0.3 is 0 Å². The highest BCUT2D eigenvalue weighted by Crippen LogP contribution is 2.32. The Bertz CT molecular complexity index is 869. The molecule has 152 valence electrons. The van der Waals surface area contributed by atoms with E-state index < -0.39 is 0 Å². The Hall–Kier alpha value is -2.69. The number of amides is 2. The summed E-state index contributed by atoms with van der Waals surface area (Å²) in [5.74, 6) is 0.322. The van der Waals surface area contributed by atoms with E-state index in [1.165, 1.54) is 11.1 Å². The van der Waals surface area contributed by atoms with Gasteiger partial charge in [-0.2, -0.15) is 0 Å². The van der Waals surface area contributed by atoms with E-state index in [4.69, 9.17) is 0 Å². The number of rotatable bonds is 6. The molecule has 1 aliphatic carbocycles. The molecule has 1 saturated heterocycles. The van der Waals surface area contributed by atoms with Crippen LogP contribution in [-0.2, 0) is 29.0 Å². The van der Waals surface area contributed by atoms with Crippen molar-refractivity contribution in [2.75, 3.05) is 6.54 Å². The highest BCUT2D eigenvalue weighted by molar-refractivity contribution is 5.89. The Balaban J connectivity index is 1.31. The third-order valence-corrected chi connectivity index (χ3v) is 6.10. The van der Waals surface area contributed by atoms with Crippen molar-refractivity contribution in [1.29, 1.82) is 0 Å². The normalized spacial score (nSPS) is 19.4. The van der Waals surface area contributed by atoms with Gasteiger partial charge in [-0.15, -0.1) is 0 Å². The van der Waals surface area contributed by atoms with E-state index in [0.29, 0.717) is 25.4 Å². The van der Waals surface area contributed by atoms with Gasteiger partial charge in [-0.3, -0.25) is 14.6 Å². The summed E-state index contributed by atoms with van der Waals surface area (Å²) in [6, 6.07) is 12.4. The van der Waals surface area contributed by atoms with E-state index in [1.807, 2.05) is 12.1 Å². The molecule has 1 aliphatic heterocycles. The monoisotopic (exact) mass is 391 g/mol. The van der Waals surface area contributed by atoms with Crippen LogP contribution in [0.2, 0.25) is 0 Å². The first-order chi connectivity index (χ1) is 13.9. The largest absolute Gasteiger partial charge is 0.351 e. The molecule has 1 fully saturated rings. The van der Waals surface area contributed by atoms with Crippen molar-refractivity contribution in [3.05, 3.63) is 65.5 Å². The number of carbonyl (C=O) groups is 2. The summed E-state index contributed by atoms with van der Waals surface area (Å²) in [6.45, 7) is 5.21. The smallest absolute Gasteiger partial charge is 0.225 e. The summed E-state index contributed by atoms with van der Waals surface area (Å²) in [7, 11) is 0. The van der Waals surface area contributed by atoms with E-state index >= 15 is 0 Å². The molecule has 2 heterocycles. The molecule has 1 N–H and O–H groups in total. The lowest BCUT2D eigenvalue weighted by molar-refractivity contribution is -0.129. The molecule has 0 saturated carbocycles. The Morgan fingerprint density at radius 2 is 1.76 bits per heavy atom. The number of pyridine rings is 1. The first kappa shape index (κ1) is 19.6. The first-order valence-corrected chi connectivity index (χ1v) is 10.4. The molecular formula is C24H29N3O2. The zero-order valence-corrected chi connectivity index (χ0v) is 17.2. The van der Waals surface area contributed by atoms with Crippen LogP contribution in [0.15, 0.2) is 48.8 Å². The number of benzene rings is 1. The van der Waals surface area contributed by atoms with Crippen LogP contribution < -0.4 is 5.32 Å². The van der Waals surface area contributed by atoms with Crippen molar-refractivity contribution in [3.63, 3.8) is 0 Å². The Morgan fingerprint density at radius 3 is 2.41 bits per heavy atom. The van der Waals surface area contributed by atoms with Crippen LogP contribution in [0.3, 0.4) is 0 Å². The van der Waals surface area contributed by atoms with Crippen LogP contribution in [-0.4, -0.2) is 33.8 Å². The van der Waals surface area contributed by atoms with Gasteiger partial charge in [0, 0.05) is 37.4 Å². The van der Waals surface area contributed by atoms with Gasteiger partial charge in [-0.05, 0) is 67.9 Å². The average molecular weight is 392 g/mol. The first-order valence-electron chi connectivity index (χ1n) is 10.4. The second-order valence-electron chi connectivity index (χ2n) is 9.15. The minimum absolute atomic E-state index is 0.00362. The van der Waals surface area contributed by atoms with Crippen LogP contribution in [0.4, 0.5) is 0 Å². The predicted octanol–water partition coefficient (Wildman–Crippen LogP) is 3.13. The van der Waals surface area contributed by atoms with Crippen LogP contribution in [0.5, 0.6) is 0 Å². The number of nitrogens with one attached hydrogen (secondary N) is 1. The highest BCUT2D eigenvalue weighted by atomic mass is 16.2. The van der Waals surface area contributed by atoms with Gasteiger partial charge in [-0.25, -0.2) is 0 Å². The van der Waals surface area contributed by atoms with Crippen molar-refractivity contribution in [2.24, 2.45) is 11.8 Å². The van der Waals surface area contributed by atoms with Crippen molar-refractivity contribution >= 4 is 11.8 Å².